The van der Waals surface area contributed by atoms with E-state index in [1.54, 1.807) is 12.5 Å². The molecule has 1 fully saturated rings. The standard InChI is InChI=1S/C19H25N7/c1-13-5-6-14(9-17(13)26-8-7-15(11-26)24(2)3)22-19-20-10-16-18(23-19)25(4)12-21-16/h5-6,9-10,12,15H,7-8,11H2,1-4H3,(H,20,22,23). The molecular formula is C19H25N7. The molecule has 136 valence electrons. The van der Waals surface area contributed by atoms with Crippen LogP contribution in [0.1, 0.15) is 12.0 Å². The monoisotopic (exact) mass is 351 g/mol. The van der Waals surface area contributed by atoms with Gasteiger partial charge in [0.25, 0.3) is 0 Å². The minimum Gasteiger partial charge on any atom is -0.370 e. The van der Waals surface area contributed by atoms with Crippen molar-refractivity contribution >= 4 is 28.5 Å². The van der Waals surface area contributed by atoms with Crippen LogP contribution in [-0.2, 0) is 7.05 Å². The number of fused-ring (bicyclic) bond motifs is 1. The van der Waals surface area contributed by atoms with Crippen molar-refractivity contribution in [2.45, 2.75) is 19.4 Å². The van der Waals surface area contributed by atoms with Gasteiger partial charge in [-0.25, -0.2) is 9.97 Å². The Balaban J connectivity index is 1.58. The fraction of sp³-hybridized carbons (Fsp3) is 0.421. The van der Waals surface area contributed by atoms with Crippen LogP contribution in [0.4, 0.5) is 17.3 Å². The average Bonchev–Trinajstić information content (AvgIpc) is 3.24. The highest BCUT2D eigenvalue weighted by atomic mass is 15.2. The van der Waals surface area contributed by atoms with E-state index in [1.165, 1.54) is 17.7 Å². The molecule has 1 aromatic carbocycles. The van der Waals surface area contributed by atoms with Crippen molar-refractivity contribution in [3.63, 3.8) is 0 Å². The molecule has 3 heterocycles. The van der Waals surface area contributed by atoms with Crippen molar-refractivity contribution in [2.24, 2.45) is 7.05 Å². The lowest BCUT2D eigenvalue weighted by Gasteiger charge is -2.24. The molecule has 1 saturated heterocycles. The van der Waals surface area contributed by atoms with Crippen LogP contribution in [0.3, 0.4) is 0 Å². The zero-order valence-electron chi connectivity index (χ0n) is 15.8. The first-order valence-electron chi connectivity index (χ1n) is 8.94. The highest BCUT2D eigenvalue weighted by Crippen LogP contribution is 2.29. The van der Waals surface area contributed by atoms with E-state index >= 15 is 0 Å². The van der Waals surface area contributed by atoms with Gasteiger partial charge >= 0.3 is 0 Å². The van der Waals surface area contributed by atoms with E-state index in [9.17, 15) is 0 Å². The maximum Gasteiger partial charge on any atom is 0.229 e. The van der Waals surface area contributed by atoms with Crippen LogP contribution in [0.2, 0.25) is 0 Å². The summed E-state index contributed by atoms with van der Waals surface area (Å²) in [5, 5.41) is 3.34. The van der Waals surface area contributed by atoms with E-state index < -0.39 is 0 Å². The highest BCUT2D eigenvalue weighted by molar-refractivity contribution is 5.72. The van der Waals surface area contributed by atoms with Crippen molar-refractivity contribution < 1.29 is 0 Å². The van der Waals surface area contributed by atoms with Crippen LogP contribution in [-0.4, -0.2) is 57.6 Å². The van der Waals surface area contributed by atoms with Gasteiger partial charge in [0.1, 0.15) is 5.52 Å². The van der Waals surface area contributed by atoms with E-state index in [4.69, 9.17) is 0 Å². The van der Waals surface area contributed by atoms with Gasteiger partial charge in [-0.1, -0.05) is 6.07 Å². The second kappa shape index (κ2) is 6.57. The van der Waals surface area contributed by atoms with Crippen LogP contribution in [0.5, 0.6) is 0 Å². The molecule has 0 saturated carbocycles. The second-order valence-electron chi connectivity index (χ2n) is 7.24. The zero-order chi connectivity index (χ0) is 18.3. The fourth-order valence-electron chi connectivity index (χ4n) is 3.52. The lowest BCUT2D eigenvalue weighted by Crippen LogP contribution is -2.31. The number of aromatic nitrogens is 4. The molecule has 3 aromatic rings. The normalized spacial score (nSPS) is 17.4. The maximum absolute atomic E-state index is 4.57. The number of aryl methyl sites for hydroxylation is 2. The minimum atomic E-state index is 0.587. The third kappa shape index (κ3) is 3.10. The molecule has 1 atom stereocenters. The number of hydrogen-bond acceptors (Lipinski definition) is 6. The Morgan fingerprint density at radius 2 is 2.08 bits per heavy atom. The first-order chi connectivity index (χ1) is 12.5. The Bertz CT molecular complexity index is 931. The van der Waals surface area contributed by atoms with Gasteiger partial charge in [-0.2, -0.15) is 4.98 Å². The number of nitrogens with one attached hydrogen (secondary N) is 1. The molecular weight excluding hydrogens is 326 g/mol. The zero-order valence-corrected chi connectivity index (χ0v) is 15.8. The van der Waals surface area contributed by atoms with E-state index in [0.717, 1.165) is 29.9 Å². The molecule has 2 aromatic heterocycles. The van der Waals surface area contributed by atoms with Gasteiger partial charge in [-0.3, -0.25) is 0 Å². The molecule has 1 N–H and O–H groups in total. The Labute approximate surface area is 153 Å². The molecule has 1 aliphatic heterocycles. The van der Waals surface area contributed by atoms with Crippen LogP contribution in [0, 0.1) is 6.92 Å². The predicted octanol–water partition coefficient (Wildman–Crippen LogP) is 2.56. The maximum atomic E-state index is 4.57. The molecule has 0 spiro atoms. The van der Waals surface area contributed by atoms with Crippen LogP contribution in [0.25, 0.3) is 11.2 Å². The number of nitrogens with zero attached hydrogens (tertiary/aromatic N) is 6. The van der Waals surface area contributed by atoms with Crippen molar-refractivity contribution in [1.29, 1.82) is 0 Å². The average molecular weight is 351 g/mol. The molecule has 0 aliphatic carbocycles. The quantitative estimate of drug-likeness (QED) is 0.779. The van der Waals surface area contributed by atoms with Gasteiger partial charge < -0.3 is 19.7 Å². The molecule has 26 heavy (non-hydrogen) atoms. The van der Waals surface area contributed by atoms with E-state index in [2.05, 4.69) is 69.3 Å². The molecule has 0 amide bonds. The van der Waals surface area contributed by atoms with Gasteiger partial charge in [0.15, 0.2) is 5.65 Å². The van der Waals surface area contributed by atoms with Crippen molar-refractivity contribution in [3.05, 3.63) is 36.3 Å². The van der Waals surface area contributed by atoms with Crippen LogP contribution in [0.15, 0.2) is 30.7 Å². The molecule has 7 heteroatoms. The largest absolute Gasteiger partial charge is 0.370 e. The molecule has 7 nitrogen and oxygen atoms in total. The van der Waals surface area contributed by atoms with E-state index in [1.807, 2.05) is 11.6 Å². The summed E-state index contributed by atoms with van der Waals surface area (Å²) >= 11 is 0. The lowest BCUT2D eigenvalue weighted by atomic mass is 10.1. The smallest absolute Gasteiger partial charge is 0.229 e. The lowest BCUT2D eigenvalue weighted by molar-refractivity contribution is 0.315. The third-order valence-corrected chi connectivity index (χ3v) is 5.15. The van der Waals surface area contributed by atoms with Crippen LogP contribution >= 0.6 is 0 Å². The number of anilines is 3. The fourth-order valence-corrected chi connectivity index (χ4v) is 3.52. The number of imidazole rings is 1. The highest BCUT2D eigenvalue weighted by Gasteiger charge is 2.25. The number of likely N-dealkylation sites (N-methyl/N-ethyl adjacent to an activating group) is 1. The van der Waals surface area contributed by atoms with Crippen molar-refractivity contribution in [1.82, 2.24) is 24.4 Å². The number of hydrogen-bond donors (Lipinski definition) is 1. The van der Waals surface area contributed by atoms with Crippen molar-refractivity contribution in [3.8, 4) is 0 Å². The summed E-state index contributed by atoms with van der Waals surface area (Å²) in [7, 11) is 6.25. The summed E-state index contributed by atoms with van der Waals surface area (Å²) in [6.45, 7) is 4.32. The summed E-state index contributed by atoms with van der Waals surface area (Å²) in [5.41, 5.74) is 5.19. The summed E-state index contributed by atoms with van der Waals surface area (Å²) < 4.78 is 1.90. The Kier molecular flexibility index (Phi) is 4.24. The van der Waals surface area contributed by atoms with Gasteiger partial charge in [0.05, 0.1) is 12.5 Å². The summed E-state index contributed by atoms with van der Waals surface area (Å²) in [6.07, 6.45) is 4.70. The summed E-state index contributed by atoms with van der Waals surface area (Å²) in [6, 6.07) is 7.05. The number of benzene rings is 1. The Morgan fingerprint density at radius 1 is 1.23 bits per heavy atom. The Morgan fingerprint density at radius 3 is 2.85 bits per heavy atom. The van der Waals surface area contributed by atoms with Crippen LogP contribution < -0.4 is 10.2 Å². The topological polar surface area (TPSA) is 62.1 Å². The first kappa shape index (κ1) is 16.8. The van der Waals surface area contributed by atoms with E-state index in [0.29, 0.717) is 12.0 Å². The van der Waals surface area contributed by atoms with E-state index in [-0.39, 0.29) is 0 Å². The molecule has 0 bridgehead atoms. The third-order valence-electron chi connectivity index (χ3n) is 5.15. The van der Waals surface area contributed by atoms with Gasteiger partial charge in [0, 0.05) is 37.6 Å². The minimum absolute atomic E-state index is 0.587. The predicted molar refractivity (Wildman–Crippen MR) is 105 cm³/mol. The van der Waals surface area contributed by atoms with Gasteiger partial charge in [-0.05, 0) is 45.1 Å². The summed E-state index contributed by atoms with van der Waals surface area (Å²) in [5.74, 6) is 0.587. The second-order valence-corrected chi connectivity index (χ2v) is 7.24. The molecule has 1 aliphatic rings. The van der Waals surface area contributed by atoms with Gasteiger partial charge in [-0.15, -0.1) is 0 Å². The first-order valence-corrected chi connectivity index (χ1v) is 8.94. The molecule has 0 radical (unpaired) electrons. The number of rotatable bonds is 4. The van der Waals surface area contributed by atoms with Gasteiger partial charge in [0.2, 0.25) is 5.95 Å². The van der Waals surface area contributed by atoms with Crippen molar-refractivity contribution in [2.75, 3.05) is 37.4 Å². The molecule has 4 rings (SSSR count). The summed E-state index contributed by atoms with van der Waals surface area (Å²) in [4.78, 5) is 18.0. The molecule has 1 unspecified atom stereocenters. The Hall–Kier alpha value is -2.67. The SMILES string of the molecule is Cc1ccc(Nc2ncc3ncn(C)c3n2)cc1N1CCC(N(C)C)C1.